The van der Waals surface area contributed by atoms with Gasteiger partial charge in [0, 0.05) is 36.8 Å². The van der Waals surface area contributed by atoms with E-state index in [0.29, 0.717) is 12.5 Å². The van der Waals surface area contributed by atoms with Gasteiger partial charge in [-0.1, -0.05) is 0 Å². The summed E-state index contributed by atoms with van der Waals surface area (Å²) in [7, 11) is 0. The normalized spacial score (nSPS) is 16.5. The lowest BCUT2D eigenvalue weighted by Gasteiger charge is -2.20. The maximum absolute atomic E-state index is 11.6. The number of nitrogens with one attached hydrogen (secondary N) is 1. The molecule has 0 amide bonds. The first kappa shape index (κ1) is 17.0. The zero-order valence-corrected chi connectivity index (χ0v) is 14.3. The highest BCUT2D eigenvalue weighted by molar-refractivity contribution is 5.69. The lowest BCUT2D eigenvalue weighted by molar-refractivity contribution is -0.154. The Bertz CT molecular complexity index is 486. The van der Waals surface area contributed by atoms with Gasteiger partial charge in [0.25, 0.3) is 0 Å². The molecule has 1 heterocycles. The molecule has 0 bridgehead atoms. The molecule has 0 aliphatic heterocycles. The van der Waals surface area contributed by atoms with Crippen molar-refractivity contribution in [1.29, 1.82) is 0 Å². The van der Waals surface area contributed by atoms with Crippen molar-refractivity contribution >= 4 is 5.97 Å². The number of hydrogen-bond acceptors (Lipinski definition) is 4. The Kier molecular flexibility index (Phi) is 5.62. The molecule has 1 aromatic heterocycles. The van der Waals surface area contributed by atoms with Crippen LogP contribution in [0.5, 0.6) is 0 Å². The molecule has 1 N–H and O–H groups in total. The molecule has 0 aromatic carbocycles. The molecule has 1 aromatic rings. The second-order valence-electron chi connectivity index (χ2n) is 7.29. The van der Waals surface area contributed by atoms with Crippen LogP contribution in [0, 0.1) is 0 Å². The van der Waals surface area contributed by atoms with Crippen molar-refractivity contribution in [1.82, 2.24) is 14.9 Å². The van der Waals surface area contributed by atoms with Crippen LogP contribution in [-0.4, -0.2) is 33.7 Å². The summed E-state index contributed by atoms with van der Waals surface area (Å²) >= 11 is 0. The van der Waals surface area contributed by atoms with Crippen LogP contribution in [0.15, 0.2) is 12.5 Å². The quantitative estimate of drug-likeness (QED) is 0.593. The molecule has 1 aliphatic carbocycles. The van der Waals surface area contributed by atoms with Crippen molar-refractivity contribution in [3.05, 3.63) is 18.2 Å². The van der Waals surface area contributed by atoms with E-state index in [1.165, 1.54) is 18.5 Å². The number of carbonyl (C=O) groups is 1. The SMILES string of the molecule is CC(Cn1cncc1C1CC1)NCCCC(=O)OC(C)(C)C. The number of esters is 1. The second kappa shape index (κ2) is 7.27. The van der Waals surface area contributed by atoms with E-state index in [4.69, 9.17) is 4.74 Å². The van der Waals surface area contributed by atoms with Gasteiger partial charge in [0.05, 0.1) is 6.33 Å². The first-order valence-electron chi connectivity index (χ1n) is 8.30. The van der Waals surface area contributed by atoms with Gasteiger partial charge in [0.2, 0.25) is 0 Å². The predicted molar refractivity (Wildman–Crippen MR) is 86.7 cm³/mol. The fourth-order valence-corrected chi connectivity index (χ4v) is 2.54. The molecule has 2 rings (SSSR count). The van der Waals surface area contributed by atoms with Crippen LogP contribution >= 0.6 is 0 Å². The number of hydrogen-bond donors (Lipinski definition) is 1. The minimum Gasteiger partial charge on any atom is -0.460 e. The monoisotopic (exact) mass is 307 g/mol. The Morgan fingerprint density at radius 2 is 2.23 bits per heavy atom. The second-order valence-corrected chi connectivity index (χ2v) is 7.29. The zero-order chi connectivity index (χ0) is 16.2. The van der Waals surface area contributed by atoms with Crippen LogP contribution in [-0.2, 0) is 16.1 Å². The van der Waals surface area contributed by atoms with E-state index >= 15 is 0 Å². The van der Waals surface area contributed by atoms with Gasteiger partial charge in [-0.3, -0.25) is 4.79 Å². The number of aromatic nitrogens is 2. The predicted octanol–water partition coefficient (Wildman–Crippen LogP) is 2.86. The molecule has 0 spiro atoms. The van der Waals surface area contributed by atoms with Gasteiger partial charge in [0.15, 0.2) is 0 Å². The fraction of sp³-hybridized carbons (Fsp3) is 0.765. The van der Waals surface area contributed by atoms with Crippen LogP contribution < -0.4 is 5.32 Å². The standard InChI is InChI=1S/C17H29N3O2/c1-13(11-20-12-18-10-15(20)14-7-8-14)19-9-5-6-16(21)22-17(2,3)4/h10,12-14,19H,5-9,11H2,1-4H3. The Morgan fingerprint density at radius 1 is 1.50 bits per heavy atom. The largest absolute Gasteiger partial charge is 0.460 e. The van der Waals surface area contributed by atoms with Gasteiger partial charge in [-0.15, -0.1) is 0 Å². The van der Waals surface area contributed by atoms with Crippen LogP contribution in [0.1, 0.15) is 65.0 Å². The molecule has 22 heavy (non-hydrogen) atoms. The minimum absolute atomic E-state index is 0.118. The molecule has 5 nitrogen and oxygen atoms in total. The Hall–Kier alpha value is -1.36. The molecule has 0 radical (unpaired) electrons. The van der Waals surface area contributed by atoms with Crippen molar-refractivity contribution in [2.24, 2.45) is 0 Å². The van der Waals surface area contributed by atoms with Crippen LogP contribution in [0.2, 0.25) is 0 Å². The highest BCUT2D eigenvalue weighted by Gasteiger charge is 2.27. The van der Waals surface area contributed by atoms with Crippen molar-refractivity contribution < 1.29 is 9.53 Å². The summed E-state index contributed by atoms with van der Waals surface area (Å²) < 4.78 is 7.55. The van der Waals surface area contributed by atoms with Crippen LogP contribution in [0.3, 0.4) is 0 Å². The lowest BCUT2D eigenvalue weighted by Crippen LogP contribution is -2.32. The van der Waals surface area contributed by atoms with Crippen LogP contribution in [0.4, 0.5) is 0 Å². The molecule has 1 fully saturated rings. The summed E-state index contributed by atoms with van der Waals surface area (Å²) in [6, 6.07) is 0.366. The molecule has 5 heteroatoms. The van der Waals surface area contributed by atoms with E-state index < -0.39 is 5.60 Å². The van der Waals surface area contributed by atoms with Gasteiger partial charge in [-0.25, -0.2) is 4.98 Å². The molecule has 1 atom stereocenters. The third-order valence-electron chi connectivity index (χ3n) is 3.68. The third-order valence-corrected chi connectivity index (χ3v) is 3.68. The van der Waals surface area contributed by atoms with Crippen molar-refractivity contribution in [3.8, 4) is 0 Å². The molecule has 124 valence electrons. The Morgan fingerprint density at radius 3 is 2.86 bits per heavy atom. The Labute approximate surface area is 133 Å². The number of nitrogens with zero attached hydrogens (tertiary/aromatic N) is 2. The summed E-state index contributed by atoms with van der Waals surface area (Å²) in [6.07, 6.45) is 7.78. The molecule has 0 saturated heterocycles. The number of ether oxygens (including phenoxy) is 1. The highest BCUT2D eigenvalue weighted by atomic mass is 16.6. The number of imidazole rings is 1. The van der Waals surface area contributed by atoms with E-state index in [9.17, 15) is 4.79 Å². The summed E-state index contributed by atoms with van der Waals surface area (Å²) in [5.74, 6) is 0.606. The van der Waals surface area contributed by atoms with E-state index in [-0.39, 0.29) is 5.97 Å². The van der Waals surface area contributed by atoms with Crippen molar-refractivity contribution in [3.63, 3.8) is 0 Å². The Balaban J connectivity index is 1.62. The minimum atomic E-state index is -0.390. The van der Waals surface area contributed by atoms with Gasteiger partial charge in [0.1, 0.15) is 5.60 Å². The molecule has 1 unspecified atom stereocenters. The number of carbonyl (C=O) groups excluding carboxylic acids is 1. The summed E-state index contributed by atoms with van der Waals surface area (Å²) in [5.41, 5.74) is 0.973. The average molecular weight is 307 g/mol. The van der Waals surface area contributed by atoms with Gasteiger partial charge >= 0.3 is 5.97 Å². The van der Waals surface area contributed by atoms with E-state index in [1.54, 1.807) is 0 Å². The first-order valence-corrected chi connectivity index (χ1v) is 8.30. The molecular formula is C17H29N3O2. The highest BCUT2D eigenvalue weighted by Crippen LogP contribution is 2.39. The summed E-state index contributed by atoms with van der Waals surface area (Å²) in [4.78, 5) is 15.9. The van der Waals surface area contributed by atoms with E-state index in [0.717, 1.165) is 25.4 Å². The number of rotatable bonds is 8. The van der Waals surface area contributed by atoms with Crippen molar-refractivity contribution in [2.45, 2.75) is 77.5 Å². The third kappa shape index (κ3) is 5.79. The van der Waals surface area contributed by atoms with Crippen molar-refractivity contribution in [2.75, 3.05) is 6.54 Å². The topological polar surface area (TPSA) is 56.2 Å². The lowest BCUT2D eigenvalue weighted by atomic mass is 10.2. The van der Waals surface area contributed by atoms with Crippen LogP contribution in [0.25, 0.3) is 0 Å². The fourth-order valence-electron chi connectivity index (χ4n) is 2.54. The van der Waals surface area contributed by atoms with Gasteiger partial charge in [-0.2, -0.15) is 0 Å². The smallest absolute Gasteiger partial charge is 0.306 e. The maximum Gasteiger partial charge on any atom is 0.306 e. The average Bonchev–Trinajstić information content (AvgIpc) is 3.14. The van der Waals surface area contributed by atoms with E-state index in [1.807, 2.05) is 33.3 Å². The van der Waals surface area contributed by atoms with Gasteiger partial charge in [-0.05, 0) is 53.5 Å². The maximum atomic E-state index is 11.6. The molecule has 1 aliphatic rings. The summed E-state index contributed by atoms with van der Waals surface area (Å²) in [6.45, 7) is 9.62. The summed E-state index contributed by atoms with van der Waals surface area (Å²) in [5, 5.41) is 3.47. The molecular weight excluding hydrogens is 278 g/mol. The van der Waals surface area contributed by atoms with E-state index in [2.05, 4.69) is 21.8 Å². The zero-order valence-electron chi connectivity index (χ0n) is 14.3. The molecule has 1 saturated carbocycles. The first-order chi connectivity index (χ1) is 10.3. The van der Waals surface area contributed by atoms with Gasteiger partial charge < -0.3 is 14.6 Å².